The number of fused-ring (bicyclic) bond motifs is 1. The Labute approximate surface area is 133 Å². The molecule has 3 aromatic rings. The van der Waals surface area contributed by atoms with E-state index in [1.54, 1.807) is 13.0 Å². The van der Waals surface area contributed by atoms with E-state index >= 15 is 0 Å². The molecule has 0 aliphatic heterocycles. The fourth-order valence-electron chi connectivity index (χ4n) is 2.59. The van der Waals surface area contributed by atoms with Gasteiger partial charge in [-0.3, -0.25) is 9.48 Å². The highest BCUT2D eigenvalue weighted by Gasteiger charge is 2.19. The lowest BCUT2D eigenvalue weighted by Crippen LogP contribution is -2.36. The average Bonchev–Trinajstić information content (AvgIpc) is 3.04. The smallest absolute Gasteiger partial charge is 0.258 e. The zero-order chi connectivity index (χ0) is 16.6. The molecule has 0 aliphatic carbocycles. The maximum Gasteiger partial charge on any atom is 0.258 e. The van der Waals surface area contributed by atoms with Gasteiger partial charge in [-0.05, 0) is 39.8 Å². The Morgan fingerprint density at radius 2 is 2.13 bits per heavy atom. The topological polar surface area (TPSA) is 85.8 Å². The first-order chi connectivity index (χ1) is 10.9. The molecule has 3 aromatic heterocycles. The van der Waals surface area contributed by atoms with Crippen LogP contribution in [0.15, 0.2) is 22.9 Å². The number of hydrogen-bond acceptors (Lipinski definition) is 5. The highest BCUT2D eigenvalue weighted by molar-refractivity contribution is 6.06. The number of amides is 1. The second kappa shape index (κ2) is 5.83. The molecule has 7 nitrogen and oxygen atoms in total. The summed E-state index contributed by atoms with van der Waals surface area (Å²) in [7, 11) is 0. The van der Waals surface area contributed by atoms with Crippen LogP contribution in [0.4, 0.5) is 0 Å². The number of rotatable bonds is 4. The fourth-order valence-corrected chi connectivity index (χ4v) is 2.59. The Morgan fingerprint density at radius 3 is 2.83 bits per heavy atom. The number of aryl methyl sites for hydroxylation is 3. The maximum atomic E-state index is 12.6. The van der Waals surface area contributed by atoms with Crippen molar-refractivity contribution in [2.75, 3.05) is 0 Å². The van der Waals surface area contributed by atoms with Gasteiger partial charge in [0.15, 0.2) is 0 Å². The van der Waals surface area contributed by atoms with Crippen molar-refractivity contribution in [3.63, 3.8) is 0 Å². The lowest BCUT2D eigenvalue weighted by atomic mass is 10.1. The molecule has 0 aromatic carbocycles. The minimum atomic E-state index is -0.164. The molecule has 7 heteroatoms. The van der Waals surface area contributed by atoms with Crippen molar-refractivity contribution < 1.29 is 9.32 Å². The number of nitrogens with one attached hydrogen (secondary N) is 1. The summed E-state index contributed by atoms with van der Waals surface area (Å²) in [5.74, 6) is -0.164. The summed E-state index contributed by atoms with van der Waals surface area (Å²) in [5.41, 5.74) is 3.26. The Balaban J connectivity index is 1.81. The van der Waals surface area contributed by atoms with Gasteiger partial charge in [0.25, 0.3) is 11.6 Å². The van der Waals surface area contributed by atoms with Gasteiger partial charge in [0.2, 0.25) is 0 Å². The van der Waals surface area contributed by atoms with E-state index in [-0.39, 0.29) is 11.9 Å². The van der Waals surface area contributed by atoms with Crippen molar-refractivity contribution in [2.24, 2.45) is 0 Å². The predicted molar refractivity (Wildman–Crippen MR) is 85.2 cm³/mol. The van der Waals surface area contributed by atoms with Gasteiger partial charge in [-0.15, -0.1) is 0 Å². The van der Waals surface area contributed by atoms with E-state index in [0.717, 1.165) is 5.69 Å². The standard InChI is InChI=1S/C16H19N5O2/c1-9-5-6-21(19-9)8-11(3)17-15(22)13-7-10(2)18-16-14(13)12(4)20-23-16/h5-7,11H,8H2,1-4H3,(H,17,22)/t11-/m1/s1. The third-order valence-corrected chi connectivity index (χ3v) is 3.60. The van der Waals surface area contributed by atoms with Crippen LogP contribution in [0.2, 0.25) is 0 Å². The Morgan fingerprint density at radius 1 is 1.35 bits per heavy atom. The third kappa shape index (κ3) is 3.08. The Hall–Kier alpha value is -2.70. The Kier molecular flexibility index (Phi) is 3.85. The van der Waals surface area contributed by atoms with Crippen molar-refractivity contribution in [3.05, 3.63) is 41.0 Å². The molecule has 1 atom stereocenters. The van der Waals surface area contributed by atoms with Crippen LogP contribution in [-0.2, 0) is 6.54 Å². The first kappa shape index (κ1) is 15.2. The number of pyridine rings is 1. The molecule has 3 heterocycles. The molecule has 1 amide bonds. The van der Waals surface area contributed by atoms with E-state index in [1.165, 1.54) is 0 Å². The maximum absolute atomic E-state index is 12.6. The van der Waals surface area contributed by atoms with Crippen molar-refractivity contribution in [1.82, 2.24) is 25.2 Å². The van der Waals surface area contributed by atoms with Gasteiger partial charge in [0.05, 0.1) is 28.9 Å². The van der Waals surface area contributed by atoms with Crippen molar-refractivity contribution in [3.8, 4) is 0 Å². The summed E-state index contributed by atoms with van der Waals surface area (Å²) in [5, 5.41) is 11.9. The van der Waals surface area contributed by atoms with E-state index in [1.807, 2.05) is 37.7 Å². The van der Waals surface area contributed by atoms with Crippen molar-refractivity contribution >= 4 is 17.0 Å². The van der Waals surface area contributed by atoms with Crippen LogP contribution in [0.25, 0.3) is 11.1 Å². The average molecular weight is 313 g/mol. The molecule has 0 saturated carbocycles. The molecule has 0 aliphatic rings. The monoisotopic (exact) mass is 313 g/mol. The number of aromatic nitrogens is 4. The van der Waals surface area contributed by atoms with Gasteiger partial charge in [-0.25, -0.2) is 4.98 Å². The van der Waals surface area contributed by atoms with Gasteiger partial charge >= 0.3 is 0 Å². The quantitative estimate of drug-likeness (QED) is 0.797. The first-order valence-corrected chi connectivity index (χ1v) is 7.48. The van der Waals surface area contributed by atoms with Crippen molar-refractivity contribution in [2.45, 2.75) is 40.3 Å². The highest BCUT2D eigenvalue weighted by atomic mass is 16.5. The normalized spacial score (nSPS) is 12.5. The summed E-state index contributed by atoms with van der Waals surface area (Å²) in [6.45, 7) is 8.11. The van der Waals surface area contributed by atoms with Crippen LogP contribution in [-0.4, -0.2) is 31.9 Å². The zero-order valence-electron chi connectivity index (χ0n) is 13.6. The first-order valence-electron chi connectivity index (χ1n) is 7.48. The summed E-state index contributed by atoms with van der Waals surface area (Å²) in [6.07, 6.45) is 1.90. The largest absolute Gasteiger partial charge is 0.348 e. The number of carbonyl (C=O) groups is 1. The van der Waals surface area contributed by atoms with E-state index in [9.17, 15) is 4.79 Å². The lowest BCUT2D eigenvalue weighted by molar-refractivity contribution is 0.0937. The summed E-state index contributed by atoms with van der Waals surface area (Å²) < 4.78 is 6.99. The number of nitrogens with zero attached hydrogens (tertiary/aromatic N) is 4. The number of hydrogen-bond donors (Lipinski definition) is 1. The van der Waals surface area contributed by atoms with E-state index in [0.29, 0.717) is 34.6 Å². The Bertz CT molecular complexity index is 865. The van der Waals surface area contributed by atoms with Crippen LogP contribution in [0.1, 0.15) is 34.4 Å². The summed E-state index contributed by atoms with van der Waals surface area (Å²) >= 11 is 0. The number of carbonyl (C=O) groups excluding carboxylic acids is 1. The lowest BCUT2D eigenvalue weighted by Gasteiger charge is -2.14. The van der Waals surface area contributed by atoms with Gasteiger partial charge in [0, 0.05) is 17.9 Å². The summed E-state index contributed by atoms with van der Waals surface area (Å²) in [4.78, 5) is 16.9. The molecule has 23 heavy (non-hydrogen) atoms. The molecule has 0 radical (unpaired) electrons. The molecule has 0 unspecified atom stereocenters. The third-order valence-electron chi connectivity index (χ3n) is 3.60. The van der Waals surface area contributed by atoms with Gasteiger partial charge in [0.1, 0.15) is 0 Å². The highest BCUT2D eigenvalue weighted by Crippen LogP contribution is 2.21. The SMILES string of the molecule is Cc1cc(C(=O)N[C@H](C)Cn2ccc(C)n2)c2c(C)noc2n1. The van der Waals surface area contributed by atoms with Crippen molar-refractivity contribution in [1.29, 1.82) is 0 Å². The van der Waals surface area contributed by atoms with Gasteiger partial charge < -0.3 is 9.84 Å². The van der Waals surface area contributed by atoms with Crippen LogP contribution in [0.5, 0.6) is 0 Å². The van der Waals surface area contributed by atoms with Crippen LogP contribution in [0.3, 0.4) is 0 Å². The van der Waals surface area contributed by atoms with Crippen LogP contribution in [0, 0.1) is 20.8 Å². The van der Waals surface area contributed by atoms with E-state index in [2.05, 4.69) is 20.6 Å². The zero-order valence-corrected chi connectivity index (χ0v) is 13.6. The molecule has 3 rings (SSSR count). The minimum Gasteiger partial charge on any atom is -0.348 e. The summed E-state index contributed by atoms with van der Waals surface area (Å²) in [6, 6.07) is 3.63. The molecular formula is C16H19N5O2. The molecule has 0 fully saturated rings. The molecule has 0 bridgehead atoms. The van der Waals surface area contributed by atoms with Crippen LogP contribution < -0.4 is 5.32 Å². The van der Waals surface area contributed by atoms with E-state index in [4.69, 9.17) is 4.52 Å². The second-order valence-electron chi connectivity index (χ2n) is 5.81. The van der Waals surface area contributed by atoms with Crippen LogP contribution >= 0.6 is 0 Å². The van der Waals surface area contributed by atoms with E-state index < -0.39 is 0 Å². The van der Waals surface area contributed by atoms with Gasteiger partial charge in [-0.1, -0.05) is 5.16 Å². The predicted octanol–water partition coefficient (Wildman–Crippen LogP) is 2.16. The molecule has 0 saturated heterocycles. The molecular weight excluding hydrogens is 294 g/mol. The van der Waals surface area contributed by atoms with Gasteiger partial charge in [-0.2, -0.15) is 5.10 Å². The molecule has 1 N–H and O–H groups in total. The second-order valence-corrected chi connectivity index (χ2v) is 5.81. The fraction of sp³-hybridized carbons (Fsp3) is 0.375. The molecule has 120 valence electrons. The molecule has 0 spiro atoms. The minimum absolute atomic E-state index is 0.0644.